The zero-order chi connectivity index (χ0) is 12.1. The zero-order valence-electron chi connectivity index (χ0n) is 9.70. The van der Waals surface area contributed by atoms with E-state index >= 15 is 0 Å². The van der Waals surface area contributed by atoms with Gasteiger partial charge >= 0.3 is 0 Å². The standard InChI is InChI=1S/C11H16ClFN2O/c1-8(2)16-5-4-15(3)11-10(13)6-9(12)7-14-11/h6-8H,4-5H2,1-3H3. The third kappa shape index (κ3) is 3.94. The Morgan fingerprint density at radius 2 is 2.25 bits per heavy atom. The van der Waals surface area contributed by atoms with E-state index in [0.29, 0.717) is 18.2 Å². The highest BCUT2D eigenvalue weighted by atomic mass is 35.5. The minimum absolute atomic E-state index is 0.177. The molecule has 90 valence electrons. The van der Waals surface area contributed by atoms with Crippen LogP contribution in [0.25, 0.3) is 0 Å². The molecule has 0 N–H and O–H groups in total. The van der Waals surface area contributed by atoms with Crippen LogP contribution in [0.3, 0.4) is 0 Å². The number of nitrogens with zero attached hydrogens (tertiary/aromatic N) is 2. The van der Waals surface area contributed by atoms with Gasteiger partial charge in [-0.1, -0.05) is 11.6 Å². The van der Waals surface area contributed by atoms with Crippen LogP contribution < -0.4 is 4.90 Å². The maximum atomic E-state index is 13.5. The number of aromatic nitrogens is 1. The summed E-state index contributed by atoms with van der Waals surface area (Å²) in [4.78, 5) is 5.64. The Kier molecular flexibility index (Phi) is 4.96. The molecule has 0 amide bonds. The van der Waals surface area contributed by atoms with E-state index in [1.165, 1.54) is 12.3 Å². The Balaban J connectivity index is 2.55. The van der Waals surface area contributed by atoms with E-state index in [0.717, 1.165) is 0 Å². The van der Waals surface area contributed by atoms with Gasteiger partial charge in [-0.2, -0.15) is 0 Å². The maximum Gasteiger partial charge on any atom is 0.167 e. The van der Waals surface area contributed by atoms with Gasteiger partial charge in [0.15, 0.2) is 11.6 Å². The Hall–Kier alpha value is -0.870. The smallest absolute Gasteiger partial charge is 0.167 e. The molecule has 0 saturated carbocycles. The third-order valence-corrected chi connectivity index (χ3v) is 2.23. The predicted molar refractivity (Wildman–Crippen MR) is 63.6 cm³/mol. The minimum atomic E-state index is -0.417. The lowest BCUT2D eigenvalue weighted by Gasteiger charge is -2.19. The largest absolute Gasteiger partial charge is 0.377 e. The number of ether oxygens (including phenoxy) is 1. The lowest BCUT2D eigenvalue weighted by atomic mass is 10.4. The van der Waals surface area contributed by atoms with E-state index in [4.69, 9.17) is 16.3 Å². The number of likely N-dealkylation sites (N-methyl/N-ethyl adjacent to an activating group) is 1. The molecule has 0 spiro atoms. The molecule has 0 radical (unpaired) electrons. The van der Waals surface area contributed by atoms with Crippen LogP contribution in [0.5, 0.6) is 0 Å². The Morgan fingerprint density at radius 3 is 2.81 bits per heavy atom. The van der Waals surface area contributed by atoms with Crippen molar-refractivity contribution in [3.63, 3.8) is 0 Å². The quantitative estimate of drug-likeness (QED) is 0.799. The topological polar surface area (TPSA) is 25.4 Å². The first-order valence-electron chi connectivity index (χ1n) is 5.14. The van der Waals surface area contributed by atoms with E-state index in [2.05, 4.69) is 4.98 Å². The zero-order valence-corrected chi connectivity index (χ0v) is 10.5. The second-order valence-electron chi connectivity index (χ2n) is 3.80. The van der Waals surface area contributed by atoms with Gasteiger partial charge in [0.05, 0.1) is 17.7 Å². The molecule has 0 aliphatic carbocycles. The van der Waals surface area contributed by atoms with Crippen LogP contribution in [0.2, 0.25) is 5.02 Å². The fourth-order valence-corrected chi connectivity index (χ4v) is 1.36. The molecule has 0 saturated heterocycles. The summed E-state index contributed by atoms with van der Waals surface area (Å²) in [6.45, 7) is 5.05. The molecule has 5 heteroatoms. The van der Waals surface area contributed by atoms with Crippen LogP contribution in [-0.4, -0.2) is 31.3 Å². The van der Waals surface area contributed by atoms with E-state index < -0.39 is 5.82 Å². The molecule has 0 unspecified atom stereocenters. The van der Waals surface area contributed by atoms with Crippen LogP contribution in [0.15, 0.2) is 12.3 Å². The summed E-state index contributed by atoms with van der Waals surface area (Å²) in [5, 5.41) is 0.299. The molecular formula is C11H16ClFN2O. The van der Waals surface area contributed by atoms with Gasteiger partial charge in [-0.05, 0) is 19.9 Å². The van der Waals surface area contributed by atoms with Crippen molar-refractivity contribution in [2.45, 2.75) is 20.0 Å². The van der Waals surface area contributed by atoms with Gasteiger partial charge in [0.1, 0.15) is 0 Å². The van der Waals surface area contributed by atoms with E-state index in [1.807, 2.05) is 13.8 Å². The van der Waals surface area contributed by atoms with Crippen molar-refractivity contribution in [2.75, 3.05) is 25.1 Å². The van der Waals surface area contributed by atoms with Crippen LogP contribution >= 0.6 is 11.6 Å². The average molecular weight is 247 g/mol. The molecule has 0 atom stereocenters. The number of hydrogen-bond donors (Lipinski definition) is 0. The first kappa shape index (κ1) is 13.2. The maximum absolute atomic E-state index is 13.5. The molecule has 0 fully saturated rings. The van der Waals surface area contributed by atoms with Crippen LogP contribution in [0.1, 0.15) is 13.8 Å². The van der Waals surface area contributed by atoms with Crippen LogP contribution in [0.4, 0.5) is 10.2 Å². The van der Waals surface area contributed by atoms with Crippen molar-refractivity contribution in [3.05, 3.63) is 23.1 Å². The van der Waals surface area contributed by atoms with Crippen molar-refractivity contribution in [3.8, 4) is 0 Å². The van der Waals surface area contributed by atoms with Gasteiger partial charge in [0.25, 0.3) is 0 Å². The Morgan fingerprint density at radius 1 is 1.56 bits per heavy atom. The highest BCUT2D eigenvalue weighted by molar-refractivity contribution is 6.30. The molecule has 0 bridgehead atoms. The first-order chi connectivity index (χ1) is 7.50. The fourth-order valence-electron chi connectivity index (χ4n) is 1.22. The first-order valence-corrected chi connectivity index (χ1v) is 5.52. The van der Waals surface area contributed by atoms with Gasteiger partial charge in [-0.3, -0.25) is 0 Å². The summed E-state index contributed by atoms with van der Waals surface area (Å²) in [6.07, 6.45) is 1.61. The summed E-state index contributed by atoms with van der Waals surface area (Å²) in [7, 11) is 1.77. The number of halogens is 2. The second kappa shape index (κ2) is 6.01. The monoisotopic (exact) mass is 246 g/mol. The molecule has 1 heterocycles. The average Bonchev–Trinajstić information content (AvgIpc) is 2.16. The number of hydrogen-bond acceptors (Lipinski definition) is 3. The Bertz CT molecular complexity index is 347. The van der Waals surface area contributed by atoms with Crippen LogP contribution in [-0.2, 0) is 4.74 Å². The van der Waals surface area contributed by atoms with Crippen molar-refractivity contribution in [1.29, 1.82) is 0 Å². The molecule has 0 aromatic carbocycles. The molecule has 1 aromatic heterocycles. The van der Waals surface area contributed by atoms with Crippen molar-refractivity contribution in [1.82, 2.24) is 4.98 Å². The highest BCUT2D eigenvalue weighted by Crippen LogP contribution is 2.18. The molecule has 3 nitrogen and oxygen atoms in total. The molecule has 1 aromatic rings. The second-order valence-corrected chi connectivity index (χ2v) is 4.24. The summed E-state index contributed by atoms with van der Waals surface area (Å²) in [5.74, 6) is -0.128. The molecule has 1 rings (SSSR count). The molecule has 0 aliphatic heterocycles. The highest BCUT2D eigenvalue weighted by Gasteiger charge is 2.09. The van der Waals surface area contributed by atoms with Gasteiger partial charge in [0.2, 0.25) is 0 Å². The van der Waals surface area contributed by atoms with Gasteiger partial charge in [-0.15, -0.1) is 0 Å². The Labute approximate surface area is 100 Å². The normalized spacial score (nSPS) is 10.9. The predicted octanol–water partition coefficient (Wildman–Crippen LogP) is 2.74. The fraction of sp³-hybridized carbons (Fsp3) is 0.545. The van der Waals surface area contributed by atoms with Crippen LogP contribution in [0, 0.1) is 5.82 Å². The van der Waals surface area contributed by atoms with Gasteiger partial charge in [0, 0.05) is 19.8 Å². The lowest BCUT2D eigenvalue weighted by Crippen LogP contribution is -2.25. The molecule has 16 heavy (non-hydrogen) atoms. The van der Waals surface area contributed by atoms with Gasteiger partial charge in [-0.25, -0.2) is 9.37 Å². The SMILES string of the molecule is CC(C)OCCN(C)c1ncc(Cl)cc1F. The number of pyridine rings is 1. The molecular weight excluding hydrogens is 231 g/mol. The van der Waals surface area contributed by atoms with Gasteiger partial charge < -0.3 is 9.64 Å². The molecule has 0 aliphatic rings. The van der Waals surface area contributed by atoms with Crippen molar-refractivity contribution in [2.24, 2.45) is 0 Å². The summed E-state index contributed by atoms with van der Waals surface area (Å²) in [5.41, 5.74) is 0. The number of anilines is 1. The van der Waals surface area contributed by atoms with Crippen molar-refractivity contribution >= 4 is 17.4 Å². The van der Waals surface area contributed by atoms with E-state index in [-0.39, 0.29) is 11.9 Å². The lowest BCUT2D eigenvalue weighted by molar-refractivity contribution is 0.0845. The van der Waals surface area contributed by atoms with Crippen molar-refractivity contribution < 1.29 is 9.13 Å². The summed E-state index contributed by atoms with van der Waals surface area (Å²) in [6, 6.07) is 1.25. The number of rotatable bonds is 5. The minimum Gasteiger partial charge on any atom is -0.377 e. The summed E-state index contributed by atoms with van der Waals surface area (Å²) >= 11 is 5.62. The van der Waals surface area contributed by atoms with E-state index in [9.17, 15) is 4.39 Å². The summed E-state index contributed by atoms with van der Waals surface area (Å²) < 4.78 is 18.8. The van der Waals surface area contributed by atoms with E-state index in [1.54, 1.807) is 11.9 Å². The third-order valence-electron chi connectivity index (χ3n) is 2.03.